The lowest BCUT2D eigenvalue weighted by Gasteiger charge is -2.03. The van der Waals surface area contributed by atoms with Gasteiger partial charge in [0.2, 0.25) is 0 Å². The third-order valence-electron chi connectivity index (χ3n) is 2.86. The number of carbonyl (C=O) groups is 1. The molecule has 19 heavy (non-hydrogen) atoms. The first-order chi connectivity index (χ1) is 9.18. The molecule has 2 aromatic rings. The Bertz CT molecular complexity index is 603. The van der Waals surface area contributed by atoms with Gasteiger partial charge in [0.1, 0.15) is 12.3 Å². The fraction of sp³-hybridized carbons (Fsp3) is 0.125. The number of aromatic hydroxyl groups is 1. The lowest BCUT2D eigenvalue weighted by molar-refractivity contribution is 0.0999. The molecule has 0 amide bonds. The molecule has 0 atom stereocenters. The Labute approximate surface area is 112 Å². The molecule has 0 bridgehead atoms. The van der Waals surface area contributed by atoms with Gasteiger partial charge in [-0.05, 0) is 24.6 Å². The Morgan fingerprint density at radius 1 is 1.05 bits per heavy atom. The number of ketones is 1. The molecular weight excluding hydrogens is 238 g/mol. The molecule has 3 heteroatoms. The van der Waals surface area contributed by atoms with E-state index in [4.69, 9.17) is 0 Å². The first-order valence-electron chi connectivity index (χ1n) is 6.06. The van der Waals surface area contributed by atoms with Gasteiger partial charge >= 0.3 is 0 Å². The maximum atomic E-state index is 11.9. The van der Waals surface area contributed by atoms with Crippen LogP contribution in [0.1, 0.15) is 22.8 Å². The summed E-state index contributed by atoms with van der Waals surface area (Å²) in [6.45, 7) is 1.91. The topological polar surface area (TPSA) is 49.7 Å². The van der Waals surface area contributed by atoms with Crippen molar-refractivity contribution in [1.29, 1.82) is 0 Å². The van der Waals surface area contributed by atoms with Gasteiger partial charge in [0.15, 0.2) is 5.78 Å². The zero-order valence-electron chi connectivity index (χ0n) is 10.7. The summed E-state index contributed by atoms with van der Waals surface area (Å²) in [5, 5.41) is 9.59. The largest absolute Gasteiger partial charge is 0.507 e. The summed E-state index contributed by atoms with van der Waals surface area (Å²) >= 11 is 0. The van der Waals surface area contributed by atoms with Crippen LogP contribution in [0.3, 0.4) is 0 Å². The minimum Gasteiger partial charge on any atom is -0.507 e. The number of aliphatic imine (C=N–C) groups is 1. The molecule has 0 saturated heterocycles. The number of hydrogen-bond donors (Lipinski definition) is 1. The van der Waals surface area contributed by atoms with E-state index in [1.54, 1.807) is 18.2 Å². The van der Waals surface area contributed by atoms with Gasteiger partial charge in [-0.15, -0.1) is 0 Å². The summed E-state index contributed by atoms with van der Waals surface area (Å²) in [5.41, 5.74) is 2.11. The Morgan fingerprint density at radius 3 is 2.37 bits per heavy atom. The van der Waals surface area contributed by atoms with E-state index in [1.807, 2.05) is 37.3 Å². The first-order valence-corrected chi connectivity index (χ1v) is 6.06. The van der Waals surface area contributed by atoms with Gasteiger partial charge in [-0.2, -0.15) is 0 Å². The summed E-state index contributed by atoms with van der Waals surface area (Å²) in [6, 6.07) is 16.2. The van der Waals surface area contributed by atoms with Crippen molar-refractivity contribution < 1.29 is 9.90 Å². The summed E-state index contributed by atoms with van der Waals surface area (Å²) in [7, 11) is 0. The van der Waals surface area contributed by atoms with Gasteiger partial charge in [0, 0.05) is 5.71 Å². The van der Waals surface area contributed by atoms with Crippen molar-refractivity contribution in [2.45, 2.75) is 6.92 Å². The molecule has 1 N–H and O–H groups in total. The minimum atomic E-state index is -0.187. The Morgan fingerprint density at radius 2 is 1.68 bits per heavy atom. The van der Waals surface area contributed by atoms with E-state index < -0.39 is 0 Å². The highest BCUT2D eigenvalue weighted by atomic mass is 16.3. The fourth-order valence-electron chi connectivity index (χ4n) is 1.76. The monoisotopic (exact) mass is 253 g/mol. The number of para-hydroxylation sites is 1. The molecule has 0 saturated carbocycles. The second kappa shape index (κ2) is 5.96. The molecule has 0 heterocycles. The van der Waals surface area contributed by atoms with Crippen molar-refractivity contribution in [3.8, 4) is 5.75 Å². The van der Waals surface area contributed by atoms with E-state index in [1.165, 1.54) is 6.07 Å². The Balaban J connectivity index is 2.11. The van der Waals surface area contributed by atoms with Crippen LogP contribution in [0.5, 0.6) is 5.75 Å². The number of Topliss-reactive ketones (excluding diaryl/α,β-unsaturated/α-hetero) is 1. The Kier molecular flexibility index (Phi) is 4.08. The second-order valence-corrected chi connectivity index (χ2v) is 4.21. The summed E-state index contributed by atoms with van der Waals surface area (Å²) in [5.74, 6) is -0.187. The number of hydrogen-bond acceptors (Lipinski definition) is 3. The van der Waals surface area contributed by atoms with E-state index in [0.29, 0.717) is 5.56 Å². The molecule has 2 rings (SSSR count). The van der Waals surface area contributed by atoms with Crippen LogP contribution in [-0.2, 0) is 0 Å². The van der Waals surface area contributed by atoms with Crippen LogP contribution in [-0.4, -0.2) is 23.1 Å². The lowest BCUT2D eigenvalue weighted by atomic mass is 10.1. The number of rotatable bonds is 4. The molecule has 0 aliphatic carbocycles. The van der Waals surface area contributed by atoms with Crippen molar-refractivity contribution in [2.24, 2.45) is 4.99 Å². The zero-order valence-corrected chi connectivity index (χ0v) is 10.7. The standard InChI is InChI=1S/C16H15NO2/c1-12(13-7-3-2-4-8-13)17-11-16(19)14-9-5-6-10-15(14)18/h2-10,18H,11H2,1H3. The highest BCUT2D eigenvalue weighted by Crippen LogP contribution is 2.16. The van der Waals surface area contributed by atoms with Crippen LogP contribution in [0.2, 0.25) is 0 Å². The van der Waals surface area contributed by atoms with Crippen LogP contribution in [0.15, 0.2) is 59.6 Å². The molecule has 0 radical (unpaired) electrons. The first kappa shape index (κ1) is 13.0. The van der Waals surface area contributed by atoms with Gasteiger partial charge in [0.05, 0.1) is 5.56 Å². The van der Waals surface area contributed by atoms with Crippen molar-refractivity contribution in [3.63, 3.8) is 0 Å². The van der Waals surface area contributed by atoms with Crippen molar-refractivity contribution >= 4 is 11.5 Å². The summed E-state index contributed by atoms with van der Waals surface area (Å²) < 4.78 is 0. The molecule has 2 aromatic carbocycles. The number of benzene rings is 2. The highest BCUT2D eigenvalue weighted by molar-refractivity contribution is 6.03. The molecule has 0 aliphatic rings. The normalized spacial score (nSPS) is 11.3. The summed E-state index contributed by atoms with van der Waals surface area (Å²) in [4.78, 5) is 16.2. The maximum Gasteiger partial charge on any atom is 0.187 e. The van der Waals surface area contributed by atoms with Crippen LogP contribution in [0.4, 0.5) is 0 Å². The molecule has 0 aromatic heterocycles. The smallest absolute Gasteiger partial charge is 0.187 e. The van der Waals surface area contributed by atoms with Crippen molar-refractivity contribution in [1.82, 2.24) is 0 Å². The van der Waals surface area contributed by atoms with Gasteiger partial charge in [-0.3, -0.25) is 9.79 Å². The average molecular weight is 253 g/mol. The van der Waals surface area contributed by atoms with E-state index in [2.05, 4.69) is 4.99 Å². The third kappa shape index (κ3) is 3.28. The SMILES string of the molecule is CC(=NCC(=O)c1ccccc1O)c1ccccc1. The molecular formula is C16H15NO2. The van der Waals surface area contributed by atoms with Crippen LogP contribution >= 0.6 is 0 Å². The lowest BCUT2D eigenvalue weighted by Crippen LogP contribution is -2.06. The number of carbonyl (C=O) groups excluding carboxylic acids is 1. The molecule has 0 spiro atoms. The van der Waals surface area contributed by atoms with E-state index in [9.17, 15) is 9.90 Å². The average Bonchev–Trinajstić information content (AvgIpc) is 2.46. The zero-order chi connectivity index (χ0) is 13.7. The maximum absolute atomic E-state index is 11.9. The predicted molar refractivity (Wildman–Crippen MR) is 76.0 cm³/mol. The molecule has 0 aliphatic heterocycles. The number of nitrogens with zero attached hydrogens (tertiary/aromatic N) is 1. The second-order valence-electron chi connectivity index (χ2n) is 4.21. The quantitative estimate of drug-likeness (QED) is 0.672. The van der Waals surface area contributed by atoms with Gasteiger partial charge in [0.25, 0.3) is 0 Å². The third-order valence-corrected chi connectivity index (χ3v) is 2.86. The van der Waals surface area contributed by atoms with Crippen molar-refractivity contribution in [2.75, 3.05) is 6.54 Å². The molecule has 96 valence electrons. The molecule has 3 nitrogen and oxygen atoms in total. The van der Waals surface area contributed by atoms with E-state index in [0.717, 1.165) is 11.3 Å². The predicted octanol–water partition coefficient (Wildman–Crippen LogP) is 3.08. The van der Waals surface area contributed by atoms with E-state index >= 15 is 0 Å². The van der Waals surface area contributed by atoms with Crippen LogP contribution in [0.25, 0.3) is 0 Å². The minimum absolute atomic E-state index is 0.0000594. The summed E-state index contributed by atoms with van der Waals surface area (Å²) in [6.07, 6.45) is 0. The fourth-order valence-corrected chi connectivity index (χ4v) is 1.76. The van der Waals surface area contributed by atoms with Gasteiger partial charge in [-0.1, -0.05) is 42.5 Å². The van der Waals surface area contributed by atoms with Crippen LogP contribution in [0, 0.1) is 0 Å². The van der Waals surface area contributed by atoms with Crippen LogP contribution < -0.4 is 0 Å². The molecule has 0 unspecified atom stereocenters. The highest BCUT2D eigenvalue weighted by Gasteiger charge is 2.09. The number of phenolic OH excluding ortho intramolecular Hbond substituents is 1. The van der Waals surface area contributed by atoms with Gasteiger partial charge < -0.3 is 5.11 Å². The van der Waals surface area contributed by atoms with Gasteiger partial charge in [-0.25, -0.2) is 0 Å². The van der Waals surface area contributed by atoms with Crippen molar-refractivity contribution in [3.05, 3.63) is 65.7 Å². The Hall–Kier alpha value is -2.42. The molecule has 0 fully saturated rings. The number of phenols is 1. The van der Waals surface area contributed by atoms with E-state index in [-0.39, 0.29) is 18.1 Å².